The van der Waals surface area contributed by atoms with Crippen LogP contribution in [0.5, 0.6) is 0 Å². The van der Waals surface area contributed by atoms with Gasteiger partial charge in [-0.05, 0) is 50.5 Å². The first kappa shape index (κ1) is 14.5. The van der Waals surface area contributed by atoms with Gasteiger partial charge >= 0.3 is 0 Å². The predicted octanol–water partition coefficient (Wildman–Crippen LogP) is 2.75. The van der Waals surface area contributed by atoms with Crippen LogP contribution in [-0.2, 0) is 0 Å². The molecule has 2 rings (SSSR count). The monoisotopic (exact) mass is 270 g/mol. The fraction of sp³-hybridized carbons (Fsp3) is 0.375. The molecule has 0 atom stereocenters. The van der Waals surface area contributed by atoms with E-state index in [1.165, 1.54) is 16.7 Å². The van der Waals surface area contributed by atoms with Crippen LogP contribution in [0.15, 0.2) is 18.2 Å². The summed E-state index contributed by atoms with van der Waals surface area (Å²) < 4.78 is 0. The Bertz CT molecular complexity index is 620. The van der Waals surface area contributed by atoms with Crippen molar-refractivity contribution in [3.63, 3.8) is 0 Å². The lowest BCUT2D eigenvalue weighted by Crippen LogP contribution is -2.14. The molecule has 4 heteroatoms. The average Bonchev–Trinajstić information content (AvgIpc) is 2.40. The van der Waals surface area contributed by atoms with Gasteiger partial charge in [-0.25, -0.2) is 9.97 Å². The fourth-order valence-corrected chi connectivity index (χ4v) is 2.23. The zero-order chi connectivity index (χ0) is 14.7. The second kappa shape index (κ2) is 6.01. The molecular formula is C16H22N4. The van der Waals surface area contributed by atoms with Crippen LogP contribution in [0, 0.1) is 27.7 Å². The Hall–Kier alpha value is -1.94. The Morgan fingerprint density at radius 2 is 1.65 bits per heavy atom. The lowest BCUT2D eigenvalue weighted by Gasteiger charge is -2.12. The first-order valence-corrected chi connectivity index (χ1v) is 6.89. The van der Waals surface area contributed by atoms with Crippen molar-refractivity contribution < 1.29 is 0 Å². The summed E-state index contributed by atoms with van der Waals surface area (Å²) in [6.07, 6.45) is 0. The standard InChI is InChI=1S/C16H22N4/c1-10-7-12(3)14(8-11(10)2)15-9-16(18-6-5-17)20-13(4)19-15/h7-9H,5-6,17H2,1-4H3,(H,18,19,20). The van der Waals surface area contributed by atoms with E-state index in [-0.39, 0.29) is 0 Å². The highest BCUT2D eigenvalue weighted by Gasteiger charge is 2.08. The molecule has 0 aliphatic rings. The quantitative estimate of drug-likeness (QED) is 0.896. The second-order valence-electron chi connectivity index (χ2n) is 5.15. The SMILES string of the molecule is Cc1nc(NCCN)cc(-c2cc(C)c(C)cc2C)n1. The molecule has 3 N–H and O–H groups in total. The maximum atomic E-state index is 5.52. The number of benzene rings is 1. The Morgan fingerprint density at radius 1 is 0.950 bits per heavy atom. The molecule has 0 unspecified atom stereocenters. The van der Waals surface area contributed by atoms with Crippen LogP contribution in [0.1, 0.15) is 22.5 Å². The van der Waals surface area contributed by atoms with Crippen molar-refractivity contribution in [1.82, 2.24) is 9.97 Å². The predicted molar refractivity (Wildman–Crippen MR) is 84.0 cm³/mol. The number of rotatable bonds is 4. The molecule has 0 aliphatic heterocycles. The summed E-state index contributed by atoms with van der Waals surface area (Å²) in [7, 11) is 0. The largest absolute Gasteiger partial charge is 0.369 e. The fourth-order valence-electron chi connectivity index (χ4n) is 2.23. The molecule has 0 fully saturated rings. The minimum absolute atomic E-state index is 0.584. The molecule has 1 heterocycles. The smallest absolute Gasteiger partial charge is 0.130 e. The number of nitrogens with one attached hydrogen (secondary N) is 1. The molecule has 2 aromatic rings. The van der Waals surface area contributed by atoms with Gasteiger partial charge in [-0.1, -0.05) is 6.07 Å². The van der Waals surface area contributed by atoms with Crippen LogP contribution in [0.3, 0.4) is 0 Å². The van der Waals surface area contributed by atoms with Crippen molar-refractivity contribution in [3.05, 3.63) is 40.7 Å². The van der Waals surface area contributed by atoms with Gasteiger partial charge in [-0.2, -0.15) is 0 Å². The number of nitrogens with zero attached hydrogens (tertiary/aromatic N) is 2. The number of nitrogens with two attached hydrogens (primary N) is 1. The third kappa shape index (κ3) is 3.14. The maximum absolute atomic E-state index is 5.52. The van der Waals surface area contributed by atoms with Crippen molar-refractivity contribution in [3.8, 4) is 11.3 Å². The van der Waals surface area contributed by atoms with Gasteiger partial charge in [-0.3, -0.25) is 0 Å². The van der Waals surface area contributed by atoms with Crippen LogP contribution in [0.4, 0.5) is 5.82 Å². The van der Waals surface area contributed by atoms with E-state index in [1.54, 1.807) is 0 Å². The molecule has 1 aromatic carbocycles. The van der Waals surface area contributed by atoms with Crippen LogP contribution in [0.2, 0.25) is 0 Å². The van der Waals surface area contributed by atoms with Crippen LogP contribution >= 0.6 is 0 Å². The Labute approximate surface area is 120 Å². The Kier molecular flexibility index (Phi) is 4.35. The normalized spacial score (nSPS) is 10.7. The molecule has 106 valence electrons. The first-order chi connectivity index (χ1) is 9.51. The molecule has 0 saturated carbocycles. The zero-order valence-corrected chi connectivity index (χ0v) is 12.6. The summed E-state index contributed by atoms with van der Waals surface area (Å²) in [4.78, 5) is 8.95. The van der Waals surface area contributed by atoms with E-state index in [2.05, 4.69) is 48.2 Å². The summed E-state index contributed by atoms with van der Waals surface area (Å²) >= 11 is 0. The average molecular weight is 270 g/mol. The molecule has 0 spiro atoms. The Morgan fingerprint density at radius 3 is 2.35 bits per heavy atom. The van der Waals surface area contributed by atoms with Crippen molar-refractivity contribution in [2.24, 2.45) is 5.73 Å². The third-order valence-electron chi connectivity index (χ3n) is 3.41. The van der Waals surface area contributed by atoms with E-state index in [0.717, 1.165) is 22.9 Å². The third-order valence-corrected chi connectivity index (χ3v) is 3.41. The van der Waals surface area contributed by atoms with E-state index in [4.69, 9.17) is 5.73 Å². The Balaban J connectivity index is 2.47. The van der Waals surface area contributed by atoms with Gasteiger partial charge in [0.15, 0.2) is 0 Å². The van der Waals surface area contributed by atoms with Gasteiger partial charge in [0.05, 0.1) is 5.69 Å². The number of aromatic nitrogens is 2. The van der Waals surface area contributed by atoms with Gasteiger partial charge in [0.2, 0.25) is 0 Å². The summed E-state index contributed by atoms with van der Waals surface area (Å²) in [5, 5.41) is 3.21. The minimum atomic E-state index is 0.584. The van der Waals surface area contributed by atoms with Gasteiger partial charge in [0, 0.05) is 24.7 Å². The molecule has 0 radical (unpaired) electrons. The van der Waals surface area contributed by atoms with E-state index < -0.39 is 0 Å². The highest BCUT2D eigenvalue weighted by molar-refractivity contribution is 5.67. The van der Waals surface area contributed by atoms with Crippen molar-refractivity contribution in [1.29, 1.82) is 0 Å². The molecule has 0 amide bonds. The summed E-state index contributed by atoms with van der Waals surface area (Å²) in [5.41, 5.74) is 11.4. The lowest BCUT2D eigenvalue weighted by atomic mass is 9.98. The van der Waals surface area contributed by atoms with Gasteiger partial charge < -0.3 is 11.1 Å². The molecular weight excluding hydrogens is 248 g/mol. The molecule has 0 aliphatic carbocycles. The summed E-state index contributed by atoms with van der Waals surface area (Å²) in [6, 6.07) is 6.38. The molecule has 20 heavy (non-hydrogen) atoms. The maximum Gasteiger partial charge on any atom is 0.130 e. The second-order valence-corrected chi connectivity index (χ2v) is 5.15. The van der Waals surface area contributed by atoms with Crippen LogP contribution in [-0.4, -0.2) is 23.1 Å². The number of hydrogen-bond donors (Lipinski definition) is 2. The zero-order valence-electron chi connectivity index (χ0n) is 12.6. The number of aryl methyl sites for hydroxylation is 4. The van der Waals surface area contributed by atoms with E-state index >= 15 is 0 Å². The lowest BCUT2D eigenvalue weighted by molar-refractivity contribution is 0.987. The molecule has 0 saturated heterocycles. The van der Waals surface area contributed by atoms with Crippen molar-refractivity contribution in [2.45, 2.75) is 27.7 Å². The van der Waals surface area contributed by atoms with E-state index in [1.807, 2.05) is 13.0 Å². The van der Waals surface area contributed by atoms with Gasteiger partial charge in [0.25, 0.3) is 0 Å². The van der Waals surface area contributed by atoms with Crippen LogP contribution < -0.4 is 11.1 Å². The van der Waals surface area contributed by atoms with Crippen LogP contribution in [0.25, 0.3) is 11.3 Å². The first-order valence-electron chi connectivity index (χ1n) is 6.89. The minimum Gasteiger partial charge on any atom is -0.369 e. The van der Waals surface area contributed by atoms with Gasteiger partial charge in [0.1, 0.15) is 11.6 Å². The van der Waals surface area contributed by atoms with Crippen molar-refractivity contribution in [2.75, 3.05) is 18.4 Å². The number of hydrogen-bond acceptors (Lipinski definition) is 4. The van der Waals surface area contributed by atoms with Crippen molar-refractivity contribution >= 4 is 5.82 Å². The number of anilines is 1. The van der Waals surface area contributed by atoms with E-state index in [9.17, 15) is 0 Å². The van der Waals surface area contributed by atoms with Gasteiger partial charge in [-0.15, -0.1) is 0 Å². The molecule has 0 bridgehead atoms. The molecule has 4 nitrogen and oxygen atoms in total. The van der Waals surface area contributed by atoms with E-state index in [0.29, 0.717) is 13.1 Å². The summed E-state index contributed by atoms with van der Waals surface area (Å²) in [5.74, 6) is 1.59. The summed E-state index contributed by atoms with van der Waals surface area (Å²) in [6.45, 7) is 9.58. The highest BCUT2D eigenvalue weighted by Crippen LogP contribution is 2.26. The topological polar surface area (TPSA) is 63.8 Å². The molecule has 1 aromatic heterocycles. The highest BCUT2D eigenvalue weighted by atomic mass is 15.0.